The Balaban J connectivity index is 0.000000160. The number of ketones is 1. The molecular weight excluding hydrogens is 329 g/mol. The van der Waals surface area contributed by atoms with E-state index in [-0.39, 0.29) is 11.3 Å². The monoisotopic (exact) mass is 351 g/mol. The van der Waals surface area contributed by atoms with Crippen molar-refractivity contribution in [2.45, 2.75) is 26.8 Å². The standard InChI is InChI=1S/C12H13N3.C9H9FO/c1-15-12-6-9-4-2-3-5-11(9)13-7-10(12)8-14-15;1-6-3-4-9(10)8(5-6)7(2)11/h2-5,8,13H,6-7H2,1H3;3-5H,1-2H3. The van der Waals surface area contributed by atoms with E-state index in [0.29, 0.717) is 0 Å². The summed E-state index contributed by atoms with van der Waals surface area (Å²) in [5.74, 6) is -0.672. The molecule has 0 atom stereocenters. The molecule has 0 amide bonds. The molecule has 3 aromatic rings. The van der Waals surface area contributed by atoms with Crippen LogP contribution < -0.4 is 5.32 Å². The van der Waals surface area contributed by atoms with Crippen LogP contribution in [0.3, 0.4) is 0 Å². The summed E-state index contributed by atoms with van der Waals surface area (Å²) in [6.07, 6.45) is 2.92. The van der Waals surface area contributed by atoms with Gasteiger partial charge in [-0.25, -0.2) is 4.39 Å². The fourth-order valence-electron chi connectivity index (χ4n) is 3.01. The molecule has 4 rings (SSSR count). The average Bonchev–Trinajstić information content (AvgIpc) is 2.86. The molecule has 1 aliphatic rings. The third kappa shape index (κ3) is 3.82. The number of halogens is 1. The summed E-state index contributed by atoms with van der Waals surface area (Å²) in [6, 6.07) is 13.0. The van der Waals surface area contributed by atoms with E-state index in [1.807, 2.05) is 24.9 Å². The molecule has 26 heavy (non-hydrogen) atoms. The van der Waals surface area contributed by atoms with Gasteiger partial charge in [-0.15, -0.1) is 0 Å². The highest BCUT2D eigenvalue weighted by Gasteiger charge is 2.15. The zero-order valence-electron chi connectivity index (χ0n) is 15.2. The maximum Gasteiger partial charge on any atom is 0.162 e. The highest BCUT2D eigenvalue weighted by atomic mass is 19.1. The molecule has 4 nitrogen and oxygen atoms in total. The lowest BCUT2D eigenvalue weighted by atomic mass is 10.1. The number of hydrogen-bond acceptors (Lipinski definition) is 3. The smallest absolute Gasteiger partial charge is 0.162 e. The quantitative estimate of drug-likeness (QED) is 0.666. The lowest BCUT2D eigenvalue weighted by Gasteiger charge is -2.06. The second-order valence-corrected chi connectivity index (χ2v) is 6.47. The number of rotatable bonds is 1. The van der Waals surface area contributed by atoms with Crippen LogP contribution >= 0.6 is 0 Å². The summed E-state index contributed by atoms with van der Waals surface area (Å²) in [4.78, 5) is 10.8. The first kappa shape index (κ1) is 17.9. The Morgan fingerprint density at radius 2 is 1.96 bits per heavy atom. The number of aromatic nitrogens is 2. The maximum absolute atomic E-state index is 12.8. The number of Topliss-reactive ketones (excluding diaryl/α,β-unsaturated/α-hetero) is 1. The highest BCUT2D eigenvalue weighted by molar-refractivity contribution is 5.94. The lowest BCUT2D eigenvalue weighted by Crippen LogP contribution is -2.00. The van der Waals surface area contributed by atoms with Gasteiger partial charge >= 0.3 is 0 Å². The van der Waals surface area contributed by atoms with Crippen molar-refractivity contribution >= 4 is 11.5 Å². The largest absolute Gasteiger partial charge is 0.381 e. The van der Waals surface area contributed by atoms with Crippen molar-refractivity contribution < 1.29 is 9.18 Å². The summed E-state index contributed by atoms with van der Waals surface area (Å²) in [6.45, 7) is 4.06. The van der Waals surface area contributed by atoms with E-state index in [9.17, 15) is 9.18 Å². The maximum atomic E-state index is 12.8. The Morgan fingerprint density at radius 3 is 2.69 bits per heavy atom. The van der Waals surface area contributed by atoms with Crippen LogP contribution in [0.15, 0.2) is 48.7 Å². The predicted molar refractivity (Wildman–Crippen MR) is 101 cm³/mol. The van der Waals surface area contributed by atoms with Crippen molar-refractivity contribution in [3.05, 3.63) is 82.4 Å². The van der Waals surface area contributed by atoms with Crippen molar-refractivity contribution in [1.29, 1.82) is 0 Å². The molecule has 0 saturated carbocycles. The first-order valence-electron chi connectivity index (χ1n) is 8.54. The average molecular weight is 351 g/mol. The molecule has 134 valence electrons. The Morgan fingerprint density at radius 1 is 1.19 bits per heavy atom. The number of nitrogens with zero attached hydrogens (tertiary/aromatic N) is 2. The van der Waals surface area contributed by atoms with Crippen LogP contribution in [0, 0.1) is 12.7 Å². The molecule has 1 N–H and O–H groups in total. The van der Waals surface area contributed by atoms with Gasteiger partial charge in [-0.2, -0.15) is 5.10 Å². The van der Waals surface area contributed by atoms with Crippen molar-refractivity contribution in [2.75, 3.05) is 5.32 Å². The Bertz CT molecular complexity index is 946. The fraction of sp³-hybridized carbons (Fsp3) is 0.238. The normalized spacial score (nSPS) is 12.0. The van der Waals surface area contributed by atoms with Crippen molar-refractivity contribution in [3.63, 3.8) is 0 Å². The molecule has 0 saturated heterocycles. The van der Waals surface area contributed by atoms with E-state index >= 15 is 0 Å². The fourth-order valence-corrected chi connectivity index (χ4v) is 3.01. The number of hydrogen-bond donors (Lipinski definition) is 1. The minimum absolute atomic E-state index is 0.171. The van der Waals surface area contributed by atoms with Gasteiger partial charge in [-0.1, -0.05) is 29.8 Å². The number of benzene rings is 2. The van der Waals surface area contributed by atoms with Crippen LogP contribution in [0.4, 0.5) is 10.1 Å². The summed E-state index contributed by atoms with van der Waals surface area (Å²) >= 11 is 0. The predicted octanol–water partition coefficient (Wildman–Crippen LogP) is 4.27. The Kier molecular flexibility index (Phi) is 5.16. The van der Waals surface area contributed by atoms with Crippen LogP contribution in [-0.4, -0.2) is 15.6 Å². The van der Waals surface area contributed by atoms with Crippen LogP contribution in [0.25, 0.3) is 0 Å². The van der Waals surface area contributed by atoms with Gasteiger partial charge in [0.1, 0.15) is 5.82 Å². The summed E-state index contributed by atoms with van der Waals surface area (Å²) in [5, 5.41) is 7.73. The molecule has 2 heterocycles. The minimum Gasteiger partial charge on any atom is -0.381 e. The SMILES string of the molecule is CC(=O)c1cc(C)ccc1F.Cn1ncc2c1Cc1ccccc1NC2. The summed E-state index contributed by atoms with van der Waals surface area (Å²) in [5.41, 5.74) is 6.27. The number of carbonyl (C=O) groups excluding carboxylic acids is 1. The molecule has 5 heteroatoms. The third-order valence-electron chi connectivity index (χ3n) is 4.49. The molecule has 0 fully saturated rings. The summed E-state index contributed by atoms with van der Waals surface area (Å²) in [7, 11) is 2.01. The molecule has 0 radical (unpaired) electrons. The number of nitrogens with one attached hydrogen (secondary N) is 1. The Hall–Kier alpha value is -2.95. The van der Waals surface area contributed by atoms with E-state index in [1.54, 1.807) is 12.1 Å². The topological polar surface area (TPSA) is 46.9 Å². The van der Waals surface area contributed by atoms with Gasteiger partial charge in [0, 0.05) is 37.0 Å². The first-order valence-corrected chi connectivity index (χ1v) is 8.54. The number of fused-ring (bicyclic) bond motifs is 2. The van der Waals surface area contributed by atoms with E-state index in [4.69, 9.17) is 0 Å². The van der Waals surface area contributed by atoms with Gasteiger partial charge in [0.15, 0.2) is 5.78 Å². The van der Waals surface area contributed by atoms with E-state index in [1.165, 1.54) is 35.5 Å². The van der Waals surface area contributed by atoms with Crippen LogP contribution in [0.1, 0.15) is 39.7 Å². The van der Waals surface area contributed by atoms with Crippen molar-refractivity contribution in [1.82, 2.24) is 9.78 Å². The van der Waals surface area contributed by atoms with E-state index in [2.05, 4.69) is 34.7 Å². The zero-order valence-corrected chi connectivity index (χ0v) is 15.2. The van der Waals surface area contributed by atoms with E-state index in [0.717, 1.165) is 18.5 Å². The van der Waals surface area contributed by atoms with Crippen molar-refractivity contribution in [3.8, 4) is 0 Å². The number of carbonyl (C=O) groups is 1. The second kappa shape index (κ2) is 7.52. The third-order valence-corrected chi connectivity index (χ3v) is 4.49. The highest BCUT2D eigenvalue weighted by Crippen LogP contribution is 2.25. The van der Waals surface area contributed by atoms with Gasteiger partial charge in [-0.3, -0.25) is 9.48 Å². The van der Waals surface area contributed by atoms with Crippen LogP contribution in [0.5, 0.6) is 0 Å². The first-order chi connectivity index (χ1) is 12.5. The minimum atomic E-state index is -0.442. The zero-order chi connectivity index (χ0) is 18.7. The molecule has 1 aliphatic heterocycles. The van der Waals surface area contributed by atoms with Crippen molar-refractivity contribution in [2.24, 2.45) is 7.05 Å². The second-order valence-electron chi connectivity index (χ2n) is 6.47. The van der Waals surface area contributed by atoms with Gasteiger partial charge in [0.05, 0.1) is 11.8 Å². The van der Waals surface area contributed by atoms with Gasteiger partial charge in [0.25, 0.3) is 0 Å². The van der Waals surface area contributed by atoms with Crippen LogP contribution in [-0.2, 0) is 20.0 Å². The molecule has 0 aliphatic carbocycles. The number of anilines is 1. The van der Waals surface area contributed by atoms with Gasteiger partial charge in [0.2, 0.25) is 0 Å². The van der Waals surface area contributed by atoms with Gasteiger partial charge in [-0.05, 0) is 37.6 Å². The van der Waals surface area contributed by atoms with Crippen LogP contribution in [0.2, 0.25) is 0 Å². The summed E-state index contributed by atoms with van der Waals surface area (Å²) < 4.78 is 14.8. The molecule has 1 aromatic heterocycles. The lowest BCUT2D eigenvalue weighted by molar-refractivity contribution is 0.101. The molecular formula is C21H22FN3O. The molecule has 0 unspecified atom stereocenters. The molecule has 2 aromatic carbocycles. The van der Waals surface area contributed by atoms with E-state index < -0.39 is 5.82 Å². The number of aryl methyl sites for hydroxylation is 2. The van der Waals surface area contributed by atoms with Gasteiger partial charge < -0.3 is 5.32 Å². The molecule has 0 spiro atoms. The number of para-hydroxylation sites is 1. The molecule has 0 bridgehead atoms. The Labute approximate surface area is 152 Å².